The van der Waals surface area contributed by atoms with Gasteiger partial charge in [0.25, 0.3) is 0 Å². The second-order valence-electron chi connectivity index (χ2n) is 9.81. The van der Waals surface area contributed by atoms with Crippen molar-refractivity contribution in [1.82, 2.24) is 15.4 Å². The summed E-state index contributed by atoms with van der Waals surface area (Å²) in [5.74, 6) is 1.05. The molecule has 1 aliphatic rings. The van der Waals surface area contributed by atoms with Gasteiger partial charge in [-0.3, -0.25) is 14.4 Å². The minimum atomic E-state index is -0.812. The number of nitrogens with zero attached hydrogens (tertiary/aromatic N) is 2. The molecule has 1 aliphatic carbocycles. The fourth-order valence-corrected chi connectivity index (χ4v) is 4.42. The Kier molecular flexibility index (Phi) is 9.90. The van der Waals surface area contributed by atoms with E-state index in [-0.39, 0.29) is 36.6 Å². The van der Waals surface area contributed by atoms with Crippen molar-refractivity contribution in [3.05, 3.63) is 41.7 Å². The second kappa shape index (κ2) is 13.1. The SMILES string of the molecule is COc1cccc([C@H](C(=O)NC2CCCC2)N(CCC(C)C)C(=O)CCC(=O)Nc2cc(C)on2)c1. The van der Waals surface area contributed by atoms with Crippen LogP contribution in [0.3, 0.4) is 0 Å². The molecular formula is C27H38N4O5. The molecule has 1 saturated carbocycles. The van der Waals surface area contributed by atoms with Gasteiger partial charge in [0.15, 0.2) is 5.82 Å². The minimum absolute atomic E-state index is 0.0298. The van der Waals surface area contributed by atoms with Gasteiger partial charge >= 0.3 is 0 Å². The molecule has 2 aromatic rings. The smallest absolute Gasteiger partial charge is 0.247 e. The maximum atomic E-state index is 13.6. The van der Waals surface area contributed by atoms with Crippen LogP contribution in [0.1, 0.15) is 76.2 Å². The molecule has 0 aliphatic heterocycles. The lowest BCUT2D eigenvalue weighted by Gasteiger charge is -2.33. The predicted octanol–water partition coefficient (Wildman–Crippen LogP) is 4.39. The second-order valence-corrected chi connectivity index (χ2v) is 9.81. The number of hydrogen-bond donors (Lipinski definition) is 2. The molecule has 2 N–H and O–H groups in total. The third-order valence-electron chi connectivity index (χ3n) is 6.40. The van der Waals surface area contributed by atoms with E-state index in [1.165, 1.54) is 0 Å². The lowest BCUT2D eigenvalue weighted by molar-refractivity contribution is -0.142. The molecule has 3 amide bonds. The summed E-state index contributed by atoms with van der Waals surface area (Å²) in [5.41, 5.74) is 0.685. The van der Waals surface area contributed by atoms with Crippen molar-refractivity contribution in [1.29, 1.82) is 0 Å². The number of nitrogens with one attached hydrogen (secondary N) is 2. The Morgan fingerprint density at radius 2 is 1.92 bits per heavy atom. The topological polar surface area (TPSA) is 114 Å². The van der Waals surface area contributed by atoms with Crippen molar-refractivity contribution in [3.63, 3.8) is 0 Å². The first-order valence-corrected chi connectivity index (χ1v) is 12.7. The lowest BCUT2D eigenvalue weighted by Crippen LogP contribution is -2.46. The number of benzene rings is 1. The summed E-state index contributed by atoms with van der Waals surface area (Å²) in [6, 6.07) is 8.19. The van der Waals surface area contributed by atoms with E-state index in [1.807, 2.05) is 18.2 Å². The molecule has 1 heterocycles. The van der Waals surface area contributed by atoms with Crippen LogP contribution in [0.5, 0.6) is 5.75 Å². The molecule has 9 nitrogen and oxygen atoms in total. The van der Waals surface area contributed by atoms with E-state index in [1.54, 1.807) is 31.1 Å². The van der Waals surface area contributed by atoms with Crippen molar-refractivity contribution in [2.24, 2.45) is 5.92 Å². The van der Waals surface area contributed by atoms with Crippen LogP contribution >= 0.6 is 0 Å². The van der Waals surface area contributed by atoms with E-state index in [0.29, 0.717) is 35.4 Å². The summed E-state index contributed by atoms with van der Waals surface area (Å²) in [4.78, 5) is 41.2. The highest BCUT2D eigenvalue weighted by Crippen LogP contribution is 2.28. The highest BCUT2D eigenvalue weighted by atomic mass is 16.5. The van der Waals surface area contributed by atoms with Crippen LogP contribution in [0.4, 0.5) is 5.82 Å². The molecule has 1 aromatic carbocycles. The van der Waals surface area contributed by atoms with Crippen molar-refractivity contribution in [3.8, 4) is 5.75 Å². The van der Waals surface area contributed by atoms with Gasteiger partial charge in [0.2, 0.25) is 17.7 Å². The van der Waals surface area contributed by atoms with Crippen molar-refractivity contribution >= 4 is 23.5 Å². The van der Waals surface area contributed by atoms with Gasteiger partial charge in [0.05, 0.1) is 7.11 Å². The summed E-state index contributed by atoms with van der Waals surface area (Å²) in [5, 5.41) is 9.57. The van der Waals surface area contributed by atoms with Gasteiger partial charge < -0.3 is 24.8 Å². The van der Waals surface area contributed by atoms with Crippen LogP contribution in [0.2, 0.25) is 0 Å². The van der Waals surface area contributed by atoms with Crippen LogP contribution in [-0.2, 0) is 14.4 Å². The number of carbonyl (C=O) groups is 3. The molecule has 9 heteroatoms. The predicted molar refractivity (Wildman–Crippen MR) is 136 cm³/mol. The zero-order chi connectivity index (χ0) is 26.1. The Balaban J connectivity index is 1.81. The first-order valence-electron chi connectivity index (χ1n) is 12.7. The first-order chi connectivity index (χ1) is 17.3. The van der Waals surface area contributed by atoms with E-state index in [0.717, 1.165) is 32.1 Å². The third-order valence-corrected chi connectivity index (χ3v) is 6.40. The maximum Gasteiger partial charge on any atom is 0.247 e. The van der Waals surface area contributed by atoms with Crippen LogP contribution < -0.4 is 15.4 Å². The number of methoxy groups -OCH3 is 1. The highest BCUT2D eigenvalue weighted by Gasteiger charge is 2.33. The van der Waals surface area contributed by atoms with E-state index in [9.17, 15) is 14.4 Å². The largest absolute Gasteiger partial charge is 0.497 e. The molecule has 0 spiro atoms. The van der Waals surface area contributed by atoms with Gasteiger partial charge in [0.1, 0.15) is 17.6 Å². The Bertz CT molecular complexity index is 1030. The van der Waals surface area contributed by atoms with Gasteiger partial charge in [-0.2, -0.15) is 0 Å². The van der Waals surface area contributed by atoms with Gasteiger partial charge in [-0.1, -0.05) is 44.0 Å². The van der Waals surface area contributed by atoms with Gasteiger partial charge in [-0.15, -0.1) is 0 Å². The van der Waals surface area contributed by atoms with E-state index >= 15 is 0 Å². The Hall–Kier alpha value is -3.36. The fraction of sp³-hybridized carbons (Fsp3) is 0.556. The van der Waals surface area contributed by atoms with Crippen molar-refractivity contribution < 1.29 is 23.6 Å². The molecule has 3 rings (SSSR count). The van der Waals surface area contributed by atoms with Gasteiger partial charge in [0, 0.05) is 31.5 Å². The van der Waals surface area contributed by atoms with E-state index < -0.39 is 6.04 Å². The highest BCUT2D eigenvalue weighted by molar-refractivity contribution is 5.94. The average Bonchev–Trinajstić information content (AvgIpc) is 3.51. The van der Waals surface area contributed by atoms with E-state index in [4.69, 9.17) is 9.26 Å². The van der Waals surface area contributed by atoms with Crippen LogP contribution in [0, 0.1) is 12.8 Å². The molecule has 0 unspecified atom stereocenters. The molecule has 36 heavy (non-hydrogen) atoms. The monoisotopic (exact) mass is 498 g/mol. The number of carbonyl (C=O) groups excluding carboxylic acids is 3. The summed E-state index contributed by atoms with van der Waals surface area (Å²) in [6.07, 6.45) is 4.73. The first kappa shape index (κ1) is 27.2. The fourth-order valence-electron chi connectivity index (χ4n) is 4.42. The quantitative estimate of drug-likeness (QED) is 0.449. The van der Waals surface area contributed by atoms with Crippen molar-refractivity contribution in [2.75, 3.05) is 19.0 Å². The number of aryl methyl sites for hydroxylation is 1. The number of anilines is 1. The number of ether oxygens (including phenoxy) is 1. The Morgan fingerprint density at radius 3 is 2.56 bits per heavy atom. The molecule has 1 aromatic heterocycles. The molecule has 196 valence electrons. The Morgan fingerprint density at radius 1 is 1.17 bits per heavy atom. The molecule has 1 fully saturated rings. The number of rotatable bonds is 12. The van der Waals surface area contributed by atoms with Gasteiger partial charge in [-0.25, -0.2) is 0 Å². The summed E-state index contributed by atoms with van der Waals surface area (Å²) in [6.45, 7) is 6.29. The molecule has 0 saturated heterocycles. The maximum absolute atomic E-state index is 13.6. The average molecular weight is 499 g/mol. The molecule has 0 bridgehead atoms. The zero-order valence-electron chi connectivity index (χ0n) is 21.7. The normalized spacial score (nSPS) is 14.5. The van der Waals surface area contributed by atoms with Crippen LogP contribution in [0.15, 0.2) is 34.9 Å². The molecular weight excluding hydrogens is 460 g/mol. The number of aromatic nitrogens is 1. The Labute approximate surface area is 212 Å². The van der Waals surface area contributed by atoms with Gasteiger partial charge in [-0.05, 0) is 49.8 Å². The van der Waals surface area contributed by atoms with Crippen molar-refractivity contribution in [2.45, 2.75) is 77.8 Å². The standard InChI is InChI=1S/C27H38N4O5/c1-18(2)14-15-31(25(33)13-12-24(32)29-23-16-19(3)36-30-23)26(20-8-7-11-22(17-20)35-4)27(34)28-21-9-5-6-10-21/h7-8,11,16-18,21,26H,5-6,9-10,12-15H2,1-4H3,(H,28,34)(H,29,30,32)/t26-/m1/s1. The molecule has 0 radical (unpaired) electrons. The summed E-state index contributed by atoms with van der Waals surface area (Å²) < 4.78 is 10.4. The van der Waals surface area contributed by atoms with Crippen LogP contribution in [0.25, 0.3) is 0 Å². The minimum Gasteiger partial charge on any atom is -0.497 e. The number of hydrogen-bond acceptors (Lipinski definition) is 6. The zero-order valence-corrected chi connectivity index (χ0v) is 21.7. The lowest BCUT2D eigenvalue weighted by atomic mass is 10.0. The summed E-state index contributed by atoms with van der Waals surface area (Å²) in [7, 11) is 1.57. The van der Waals surface area contributed by atoms with E-state index in [2.05, 4.69) is 29.6 Å². The third kappa shape index (κ3) is 7.83. The number of amides is 3. The molecule has 1 atom stereocenters. The summed E-state index contributed by atoms with van der Waals surface area (Å²) >= 11 is 0. The van der Waals surface area contributed by atoms with Crippen LogP contribution in [-0.4, -0.2) is 47.5 Å².